The molecule has 0 amide bonds. The Bertz CT molecular complexity index is 148. The van der Waals surface area contributed by atoms with Crippen LogP contribution in [-0.2, 0) is 0 Å². The van der Waals surface area contributed by atoms with Crippen LogP contribution in [0.25, 0.3) is 0 Å². The van der Waals surface area contributed by atoms with E-state index >= 15 is 0 Å². The van der Waals surface area contributed by atoms with Gasteiger partial charge in [0.2, 0.25) is 0 Å². The fraction of sp³-hybridized carbons (Fsp3) is 0.600. The molecule has 0 nitrogen and oxygen atoms in total. The molecule has 0 aromatic heterocycles. The summed E-state index contributed by atoms with van der Waals surface area (Å²) in [5.74, 6) is 6.10. The molecule has 0 radical (unpaired) electrons. The minimum Gasteiger partial charge on any atom is -0.0985 e. The highest BCUT2D eigenvalue weighted by Gasteiger charge is 1.79. The number of rotatable bonds is 4. The quantitative estimate of drug-likeness (QED) is 0.382. The van der Waals surface area contributed by atoms with Crippen molar-refractivity contribution in [3.63, 3.8) is 0 Å². The molecule has 0 aromatic rings. The lowest BCUT2D eigenvalue weighted by Gasteiger charge is -1.86. The van der Waals surface area contributed by atoms with Crippen LogP contribution in [0.15, 0.2) is 12.2 Å². The Morgan fingerprint density at radius 3 is 2.82 bits per heavy atom. The monoisotopic (exact) mass is 214 g/mol. The SMILES string of the molecule is CC/C=C\C#CCCCCBr. The van der Waals surface area contributed by atoms with Crippen molar-refractivity contribution in [3.8, 4) is 11.8 Å². The Hall–Kier alpha value is -0.220. The first kappa shape index (κ1) is 10.8. The lowest BCUT2D eigenvalue weighted by atomic mass is 10.2. The highest BCUT2D eigenvalue weighted by Crippen LogP contribution is 1.96. The Balaban J connectivity index is 3.19. The van der Waals surface area contributed by atoms with Crippen LogP contribution in [0.1, 0.15) is 32.6 Å². The maximum absolute atomic E-state index is 3.38. The van der Waals surface area contributed by atoms with Crippen LogP contribution in [0.3, 0.4) is 0 Å². The third kappa shape index (κ3) is 9.78. The molecule has 0 unspecified atom stereocenters. The summed E-state index contributed by atoms with van der Waals surface area (Å²) in [5.41, 5.74) is 0. The van der Waals surface area contributed by atoms with Crippen molar-refractivity contribution in [2.24, 2.45) is 0 Å². The maximum atomic E-state index is 3.38. The zero-order valence-corrected chi connectivity index (χ0v) is 8.65. The first-order valence-electron chi connectivity index (χ1n) is 4.11. The summed E-state index contributed by atoms with van der Waals surface area (Å²) in [6.07, 6.45) is 8.56. The van der Waals surface area contributed by atoms with Crippen molar-refractivity contribution in [2.75, 3.05) is 5.33 Å². The summed E-state index contributed by atoms with van der Waals surface area (Å²) in [6, 6.07) is 0. The van der Waals surface area contributed by atoms with Gasteiger partial charge in [-0.3, -0.25) is 0 Å². The normalized spacial score (nSPS) is 9.64. The third-order valence-electron chi connectivity index (χ3n) is 1.22. The number of alkyl halides is 1. The van der Waals surface area contributed by atoms with Crippen LogP contribution in [0.5, 0.6) is 0 Å². The van der Waals surface area contributed by atoms with Gasteiger partial charge in [-0.05, 0) is 25.3 Å². The van der Waals surface area contributed by atoms with Crippen LogP contribution in [0, 0.1) is 11.8 Å². The first-order valence-corrected chi connectivity index (χ1v) is 5.23. The van der Waals surface area contributed by atoms with Gasteiger partial charge in [0.25, 0.3) is 0 Å². The van der Waals surface area contributed by atoms with Gasteiger partial charge in [-0.25, -0.2) is 0 Å². The molecule has 0 bridgehead atoms. The lowest BCUT2D eigenvalue weighted by molar-refractivity contribution is 0.841. The second-order valence-electron chi connectivity index (χ2n) is 2.28. The second-order valence-corrected chi connectivity index (χ2v) is 3.07. The van der Waals surface area contributed by atoms with Gasteiger partial charge in [0.1, 0.15) is 0 Å². The Kier molecular flexibility index (Phi) is 9.58. The van der Waals surface area contributed by atoms with Crippen LogP contribution >= 0.6 is 15.9 Å². The molecule has 0 aromatic carbocycles. The number of halogens is 1. The van der Waals surface area contributed by atoms with Crippen molar-refractivity contribution in [1.29, 1.82) is 0 Å². The highest BCUT2D eigenvalue weighted by molar-refractivity contribution is 9.09. The molecular weight excluding hydrogens is 200 g/mol. The molecule has 0 rings (SSSR count). The molecular formula is C10H15Br. The summed E-state index contributed by atoms with van der Waals surface area (Å²) < 4.78 is 0. The number of allylic oxidation sites excluding steroid dienone is 2. The second kappa shape index (κ2) is 9.78. The van der Waals surface area contributed by atoms with Crippen molar-refractivity contribution in [3.05, 3.63) is 12.2 Å². The molecule has 0 atom stereocenters. The average Bonchev–Trinajstić information content (AvgIpc) is 2.03. The van der Waals surface area contributed by atoms with Crippen LogP contribution in [0.2, 0.25) is 0 Å². The van der Waals surface area contributed by atoms with E-state index in [2.05, 4.69) is 40.8 Å². The summed E-state index contributed by atoms with van der Waals surface area (Å²) in [6.45, 7) is 2.11. The topological polar surface area (TPSA) is 0 Å². The summed E-state index contributed by atoms with van der Waals surface area (Å²) in [5, 5.41) is 1.10. The number of hydrogen-bond donors (Lipinski definition) is 0. The molecule has 0 heterocycles. The Morgan fingerprint density at radius 2 is 2.18 bits per heavy atom. The molecule has 11 heavy (non-hydrogen) atoms. The van der Waals surface area contributed by atoms with Crippen LogP contribution in [-0.4, -0.2) is 5.33 Å². The van der Waals surface area contributed by atoms with Gasteiger partial charge in [0, 0.05) is 11.8 Å². The van der Waals surface area contributed by atoms with Gasteiger partial charge in [0.15, 0.2) is 0 Å². The molecule has 0 saturated heterocycles. The van der Waals surface area contributed by atoms with Gasteiger partial charge >= 0.3 is 0 Å². The van der Waals surface area contributed by atoms with E-state index in [-0.39, 0.29) is 0 Å². The van der Waals surface area contributed by atoms with E-state index in [0.717, 1.165) is 18.2 Å². The molecule has 1 heteroatoms. The third-order valence-corrected chi connectivity index (χ3v) is 1.79. The summed E-state index contributed by atoms with van der Waals surface area (Å²) in [7, 11) is 0. The van der Waals surface area contributed by atoms with E-state index in [1.165, 1.54) is 12.8 Å². The molecule has 0 aliphatic carbocycles. The fourth-order valence-electron chi connectivity index (χ4n) is 0.616. The van der Waals surface area contributed by atoms with Crippen molar-refractivity contribution in [1.82, 2.24) is 0 Å². The van der Waals surface area contributed by atoms with Gasteiger partial charge in [-0.1, -0.05) is 40.8 Å². The van der Waals surface area contributed by atoms with Crippen molar-refractivity contribution in [2.45, 2.75) is 32.6 Å². The van der Waals surface area contributed by atoms with Gasteiger partial charge < -0.3 is 0 Å². The number of hydrogen-bond acceptors (Lipinski definition) is 0. The zero-order chi connectivity index (χ0) is 8.36. The van der Waals surface area contributed by atoms with E-state index in [1.54, 1.807) is 0 Å². The lowest BCUT2D eigenvalue weighted by Crippen LogP contribution is -1.73. The van der Waals surface area contributed by atoms with Crippen molar-refractivity contribution < 1.29 is 0 Å². The zero-order valence-electron chi connectivity index (χ0n) is 7.07. The van der Waals surface area contributed by atoms with Gasteiger partial charge in [0.05, 0.1) is 0 Å². The predicted molar refractivity (Wildman–Crippen MR) is 54.9 cm³/mol. The largest absolute Gasteiger partial charge is 0.0985 e. The molecule has 0 spiro atoms. The van der Waals surface area contributed by atoms with Crippen LogP contribution < -0.4 is 0 Å². The summed E-state index contributed by atoms with van der Waals surface area (Å²) >= 11 is 3.38. The maximum Gasteiger partial charge on any atom is 0.00925 e. The molecule has 0 aliphatic rings. The number of unbranched alkanes of at least 4 members (excludes halogenated alkanes) is 2. The minimum atomic E-state index is 1.03. The van der Waals surface area contributed by atoms with E-state index in [0.29, 0.717) is 0 Å². The fourth-order valence-corrected chi connectivity index (χ4v) is 1.01. The molecule has 0 fully saturated rings. The van der Waals surface area contributed by atoms with Crippen LogP contribution in [0.4, 0.5) is 0 Å². The van der Waals surface area contributed by atoms with E-state index in [4.69, 9.17) is 0 Å². The first-order chi connectivity index (χ1) is 5.41. The van der Waals surface area contributed by atoms with E-state index in [9.17, 15) is 0 Å². The van der Waals surface area contributed by atoms with E-state index in [1.807, 2.05) is 6.08 Å². The minimum absolute atomic E-state index is 1.03. The molecule has 62 valence electrons. The predicted octanol–water partition coefficient (Wildman–Crippen LogP) is 3.52. The summed E-state index contributed by atoms with van der Waals surface area (Å²) in [4.78, 5) is 0. The smallest absolute Gasteiger partial charge is 0.00925 e. The standard InChI is InChI=1S/C10H15Br/c1-2-3-4-5-6-7-8-9-10-11/h3-4H,2,7-10H2,1H3/b4-3-. The molecule has 0 aliphatic heterocycles. The van der Waals surface area contributed by atoms with Gasteiger partial charge in [-0.15, -0.1) is 0 Å². The van der Waals surface area contributed by atoms with Gasteiger partial charge in [-0.2, -0.15) is 0 Å². The molecule has 0 saturated carbocycles. The van der Waals surface area contributed by atoms with E-state index < -0.39 is 0 Å². The Labute approximate surface area is 78.2 Å². The van der Waals surface area contributed by atoms with Crippen molar-refractivity contribution >= 4 is 15.9 Å². The highest BCUT2D eigenvalue weighted by atomic mass is 79.9. The average molecular weight is 215 g/mol. The Morgan fingerprint density at radius 1 is 1.36 bits per heavy atom. The molecule has 0 N–H and O–H groups in total.